The van der Waals surface area contributed by atoms with E-state index in [2.05, 4.69) is 13.8 Å². The van der Waals surface area contributed by atoms with Gasteiger partial charge in [0.1, 0.15) is 5.82 Å². The number of unbranched alkanes of at least 4 members (excludes halogenated alkanes) is 1. The monoisotopic (exact) mass is 494 g/mol. The second-order valence-corrected chi connectivity index (χ2v) is 10.4. The SMILES string of the molecule is CCC/C=C\Cc1ccc(/C(C)=C/C=C(\CC)c2cc(F)c(C3CCC(C)CC3)cc2C)c(F)c1F. The fourth-order valence-corrected chi connectivity index (χ4v) is 5.19. The lowest BCUT2D eigenvalue weighted by Gasteiger charge is -2.27. The van der Waals surface area contributed by atoms with E-state index < -0.39 is 11.6 Å². The summed E-state index contributed by atoms with van der Waals surface area (Å²) in [5.41, 5.74) is 5.01. The number of rotatable bonds is 9. The third-order valence-electron chi connectivity index (χ3n) is 7.61. The van der Waals surface area contributed by atoms with Crippen molar-refractivity contribution in [1.82, 2.24) is 0 Å². The molecule has 3 rings (SSSR count). The van der Waals surface area contributed by atoms with Crippen LogP contribution in [0.25, 0.3) is 11.1 Å². The second-order valence-electron chi connectivity index (χ2n) is 10.4. The molecular formula is C33H41F3. The number of allylic oxidation sites excluding steroid dienone is 6. The van der Waals surface area contributed by atoms with E-state index >= 15 is 4.39 Å². The maximum Gasteiger partial charge on any atom is 0.166 e. The molecule has 0 saturated heterocycles. The molecule has 2 aromatic carbocycles. The lowest BCUT2D eigenvalue weighted by atomic mass is 9.78. The van der Waals surface area contributed by atoms with Gasteiger partial charge in [-0.25, -0.2) is 13.2 Å². The van der Waals surface area contributed by atoms with Gasteiger partial charge in [-0.05, 0) is 97.3 Å². The summed E-state index contributed by atoms with van der Waals surface area (Å²) in [5, 5.41) is 0. The predicted octanol–water partition coefficient (Wildman–Crippen LogP) is 10.5. The Labute approximate surface area is 216 Å². The molecule has 0 bridgehead atoms. The van der Waals surface area contributed by atoms with Crippen molar-refractivity contribution in [3.63, 3.8) is 0 Å². The van der Waals surface area contributed by atoms with Crippen molar-refractivity contribution in [2.45, 2.75) is 91.9 Å². The molecule has 1 aliphatic rings. The fraction of sp³-hybridized carbons (Fsp3) is 0.455. The second kappa shape index (κ2) is 13.1. The Bertz CT molecular complexity index is 1130. The molecule has 0 amide bonds. The van der Waals surface area contributed by atoms with Gasteiger partial charge >= 0.3 is 0 Å². The van der Waals surface area contributed by atoms with Crippen LogP contribution in [-0.4, -0.2) is 0 Å². The summed E-state index contributed by atoms with van der Waals surface area (Å²) in [4.78, 5) is 0. The molecule has 1 fully saturated rings. The van der Waals surface area contributed by atoms with Crippen molar-refractivity contribution in [1.29, 1.82) is 0 Å². The fourth-order valence-electron chi connectivity index (χ4n) is 5.19. The Hall–Kier alpha value is -2.55. The number of hydrogen-bond acceptors (Lipinski definition) is 0. The first-order valence-electron chi connectivity index (χ1n) is 13.6. The molecule has 0 radical (unpaired) electrons. The van der Waals surface area contributed by atoms with Gasteiger partial charge in [-0.15, -0.1) is 0 Å². The van der Waals surface area contributed by atoms with Crippen LogP contribution >= 0.6 is 0 Å². The molecule has 3 heteroatoms. The molecule has 0 N–H and O–H groups in total. The summed E-state index contributed by atoms with van der Waals surface area (Å²) >= 11 is 0. The first-order chi connectivity index (χ1) is 17.3. The number of aryl methyl sites for hydroxylation is 1. The summed E-state index contributed by atoms with van der Waals surface area (Å²) in [7, 11) is 0. The van der Waals surface area contributed by atoms with Crippen molar-refractivity contribution < 1.29 is 13.2 Å². The van der Waals surface area contributed by atoms with Crippen LogP contribution in [0.3, 0.4) is 0 Å². The van der Waals surface area contributed by atoms with Crippen molar-refractivity contribution in [2.24, 2.45) is 5.92 Å². The number of benzene rings is 2. The summed E-state index contributed by atoms with van der Waals surface area (Å²) in [5.74, 6) is -0.705. The van der Waals surface area contributed by atoms with E-state index in [9.17, 15) is 8.78 Å². The van der Waals surface area contributed by atoms with Crippen LogP contribution in [0.5, 0.6) is 0 Å². The number of hydrogen-bond donors (Lipinski definition) is 0. The highest BCUT2D eigenvalue weighted by atomic mass is 19.2. The third-order valence-corrected chi connectivity index (χ3v) is 7.61. The highest BCUT2D eigenvalue weighted by Gasteiger charge is 2.23. The maximum atomic E-state index is 15.2. The van der Waals surface area contributed by atoms with Gasteiger partial charge in [0, 0.05) is 5.56 Å². The van der Waals surface area contributed by atoms with Crippen LogP contribution in [0.1, 0.15) is 106 Å². The quantitative estimate of drug-likeness (QED) is 0.240. The van der Waals surface area contributed by atoms with Crippen molar-refractivity contribution in [2.75, 3.05) is 0 Å². The van der Waals surface area contributed by atoms with Crippen molar-refractivity contribution in [3.8, 4) is 0 Å². The summed E-state index contributed by atoms with van der Waals surface area (Å²) in [6.07, 6.45) is 15.1. The van der Waals surface area contributed by atoms with Crippen LogP contribution < -0.4 is 0 Å². The summed E-state index contributed by atoms with van der Waals surface area (Å²) in [6.45, 7) is 10.2. The highest BCUT2D eigenvalue weighted by Crippen LogP contribution is 2.38. The van der Waals surface area contributed by atoms with Crippen LogP contribution in [0.15, 0.2) is 48.6 Å². The molecule has 1 aliphatic carbocycles. The van der Waals surface area contributed by atoms with Gasteiger partial charge in [0.2, 0.25) is 0 Å². The van der Waals surface area contributed by atoms with Gasteiger partial charge < -0.3 is 0 Å². The van der Waals surface area contributed by atoms with Crippen molar-refractivity contribution in [3.05, 3.63) is 93.8 Å². The molecule has 0 atom stereocenters. The standard InChI is InChI=1S/C33H41F3/c1-6-8-9-10-11-27-18-19-28(33(36)32(27)35)23(4)14-17-25(7-2)29-21-31(34)30(20-24(29)5)26-15-12-22(3)13-16-26/h9-10,14,17-22,26H,6-8,11-13,15-16H2,1-5H3/b10-9-,23-14+,25-17+. The van der Waals surface area contributed by atoms with E-state index in [-0.39, 0.29) is 11.4 Å². The van der Waals surface area contributed by atoms with E-state index in [1.165, 1.54) is 0 Å². The zero-order valence-electron chi connectivity index (χ0n) is 22.6. The minimum atomic E-state index is -0.815. The van der Waals surface area contributed by atoms with Crippen LogP contribution in [0.4, 0.5) is 13.2 Å². The van der Waals surface area contributed by atoms with Crippen LogP contribution in [0, 0.1) is 30.3 Å². The molecule has 36 heavy (non-hydrogen) atoms. The van der Waals surface area contributed by atoms with E-state index in [1.807, 2.05) is 44.2 Å². The average Bonchev–Trinajstić information content (AvgIpc) is 2.87. The van der Waals surface area contributed by atoms with E-state index in [0.29, 0.717) is 29.9 Å². The summed E-state index contributed by atoms with van der Waals surface area (Å²) < 4.78 is 44.7. The number of halogens is 3. The lowest BCUT2D eigenvalue weighted by molar-refractivity contribution is 0.342. The molecule has 0 nitrogen and oxygen atoms in total. The Morgan fingerprint density at radius 3 is 2.31 bits per heavy atom. The third kappa shape index (κ3) is 6.81. The largest absolute Gasteiger partial charge is 0.207 e. The molecule has 194 valence electrons. The lowest BCUT2D eigenvalue weighted by Crippen LogP contribution is -2.12. The molecule has 0 spiro atoms. The van der Waals surface area contributed by atoms with Gasteiger partial charge in [0.15, 0.2) is 11.6 Å². The smallest absolute Gasteiger partial charge is 0.166 e. The average molecular weight is 495 g/mol. The molecule has 1 saturated carbocycles. The van der Waals surface area contributed by atoms with Gasteiger partial charge in [0.05, 0.1) is 0 Å². The van der Waals surface area contributed by atoms with Crippen LogP contribution in [-0.2, 0) is 6.42 Å². The zero-order valence-corrected chi connectivity index (χ0v) is 22.6. The molecule has 2 aromatic rings. The van der Waals surface area contributed by atoms with Gasteiger partial charge in [0.25, 0.3) is 0 Å². The Kier molecular flexibility index (Phi) is 10.2. The molecule has 0 unspecified atom stereocenters. The van der Waals surface area contributed by atoms with E-state index in [1.54, 1.807) is 25.1 Å². The van der Waals surface area contributed by atoms with Crippen LogP contribution in [0.2, 0.25) is 0 Å². The van der Waals surface area contributed by atoms with Gasteiger partial charge in [-0.2, -0.15) is 0 Å². The minimum absolute atomic E-state index is 0.133. The Balaban J connectivity index is 1.84. The highest BCUT2D eigenvalue weighted by molar-refractivity contribution is 5.74. The molecule has 0 aliphatic heterocycles. The topological polar surface area (TPSA) is 0 Å². The Morgan fingerprint density at radius 2 is 1.64 bits per heavy atom. The predicted molar refractivity (Wildman–Crippen MR) is 148 cm³/mol. The summed E-state index contributed by atoms with van der Waals surface area (Å²) in [6, 6.07) is 7.00. The molecular weight excluding hydrogens is 453 g/mol. The van der Waals surface area contributed by atoms with Gasteiger partial charge in [-0.3, -0.25) is 0 Å². The van der Waals surface area contributed by atoms with E-state index in [0.717, 1.165) is 66.7 Å². The minimum Gasteiger partial charge on any atom is -0.207 e. The normalized spacial score (nSPS) is 19.3. The first kappa shape index (κ1) is 28.0. The zero-order chi connectivity index (χ0) is 26.2. The Morgan fingerprint density at radius 1 is 0.917 bits per heavy atom. The maximum absolute atomic E-state index is 15.2. The van der Waals surface area contributed by atoms with E-state index in [4.69, 9.17) is 0 Å². The molecule has 0 heterocycles. The van der Waals surface area contributed by atoms with Crippen molar-refractivity contribution >= 4 is 11.1 Å². The molecule has 0 aromatic heterocycles. The first-order valence-corrected chi connectivity index (χ1v) is 13.6. The van der Waals surface area contributed by atoms with Gasteiger partial charge in [-0.1, -0.05) is 82.5 Å².